The highest BCUT2D eigenvalue weighted by atomic mass is 16.5. The largest absolute Gasteiger partial charge is 0.455 e. The predicted molar refractivity (Wildman–Crippen MR) is 107 cm³/mol. The van der Waals surface area contributed by atoms with Gasteiger partial charge in [-0.05, 0) is 43.3 Å². The molecule has 0 saturated heterocycles. The number of nitrogens with one attached hydrogen (secondary N) is 1. The summed E-state index contributed by atoms with van der Waals surface area (Å²) >= 11 is 0. The number of hydrogen-bond acceptors (Lipinski definition) is 4. The van der Waals surface area contributed by atoms with E-state index in [0.29, 0.717) is 28.6 Å². The molecular formula is C22H18N4O2. The van der Waals surface area contributed by atoms with Crippen LogP contribution in [-0.2, 0) is 0 Å². The van der Waals surface area contributed by atoms with E-state index in [4.69, 9.17) is 4.74 Å². The van der Waals surface area contributed by atoms with Crippen molar-refractivity contribution in [3.05, 3.63) is 96.7 Å². The quantitative estimate of drug-likeness (QED) is 0.556. The maximum absolute atomic E-state index is 12.8. The Morgan fingerprint density at radius 2 is 1.86 bits per heavy atom. The first-order valence-corrected chi connectivity index (χ1v) is 8.78. The number of nitrogens with zero attached hydrogens (tertiary/aromatic N) is 3. The molecule has 28 heavy (non-hydrogen) atoms. The summed E-state index contributed by atoms with van der Waals surface area (Å²) in [6, 6.07) is 18.5. The van der Waals surface area contributed by atoms with Crippen LogP contribution in [0.15, 0.2) is 85.6 Å². The third-order valence-electron chi connectivity index (χ3n) is 4.16. The van der Waals surface area contributed by atoms with Gasteiger partial charge in [0.05, 0.1) is 5.69 Å². The van der Waals surface area contributed by atoms with Crippen molar-refractivity contribution in [2.75, 3.05) is 5.32 Å². The van der Waals surface area contributed by atoms with Gasteiger partial charge < -0.3 is 10.1 Å². The molecule has 4 rings (SSSR count). The number of ether oxygens (including phenoxy) is 1. The fraction of sp³-hybridized carbons (Fsp3) is 0.0455. The zero-order valence-corrected chi connectivity index (χ0v) is 15.2. The Balaban J connectivity index is 1.55. The van der Waals surface area contributed by atoms with Crippen molar-refractivity contribution in [1.82, 2.24) is 14.5 Å². The first-order valence-electron chi connectivity index (χ1n) is 8.78. The summed E-state index contributed by atoms with van der Waals surface area (Å²) in [5.41, 5.74) is 2.23. The van der Waals surface area contributed by atoms with Gasteiger partial charge in [-0.1, -0.05) is 29.8 Å². The van der Waals surface area contributed by atoms with Crippen molar-refractivity contribution in [3.8, 4) is 17.3 Å². The molecule has 1 N–H and O–H groups in total. The van der Waals surface area contributed by atoms with E-state index in [1.54, 1.807) is 47.7 Å². The van der Waals surface area contributed by atoms with E-state index < -0.39 is 0 Å². The van der Waals surface area contributed by atoms with Crippen LogP contribution in [0.5, 0.6) is 11.5 Å². The number of pyridine rings is 1. The van der Waals surface area contributed by atoms with Crippen molar-refractivity contribution in [1.29, 1.82) is 0 Å². The van der Waals surface area contributed by atoms with E-state index in [2.05, 4.69) is 15.3 Å². The highest BCUT2D eigenvalue weighted by Crippen LogP contribution is 2.29. The standard InChI is InChI=1S/C22H18N4O2/c1-16-6-8-18(9-7-16)28-20-5-3-2-4-19(20)25-22(27)17-10-11-24-21(14-17)26-13-12-23-15-26/h2-15H,1H3,(H,25,27). The van der Waals surface area contributed by atoms with Crippen LogP contribution in [0.25, 0.3) is 5.82 Å². The fourth-order valence-electron chi connectivity index (χ4n) is 2.68. The van der Waals surface area contributed by atoms with Crippen LogP contribution in [0, 0.1) is 6.92 Å². The second kappa shape index (κ2) is 7.75. The lowest BCUT2D eigenvalue weighted by atomic mass is 10.2. The fourth-order valence-corrected chi connectivity index (χ4v) is 2.68. The summed E-state index contributed by atoms with van der Waals surface area (Å²) in [6.45, 7) is 2.02. The number of aryl methyl sites for hydroxylation is 1. The molecule has 6 heteroatoms. The zero-order valence-electron chi connectivity index (χ0n) is 15.2. The molecule has 0 bridgehead atoms. The average molecular weight is 370 g/mol. The van der Waals surface area contributed by atoms with Gasteiger partial charge in [0.2, 0.25) is 0 Å². The number of carbonyl (C=O) groups is 1. The van der Waals surface area contributed by atoms with E-state index in [0.717, 1.165) is 5.56 Å². The van der Waals surface area contributed by atoms with Crippen molar-refractivity contribution in [2.45, 2.75) is 6.92 Å². The van der Waals surface area contributed by atoms with Crippen molar-refractivity contribution in [2.24, 2.45) is 0 Å². The van der Waals surface area contributed by atoms with E-state index in [-0.39, 0.29) is 5.91 Å². The van der Waals surface area contributed by atoms with Gasteiger partial charge in [0.15, 0.2) is 5.75 Å². The summed E-state index contributed by atoms with van der Waals surface area (Å²) in [5, 5.41) is 2.91. The number of anilines is 1. The summed E-state index contributed by atoms with van der Waals surface area (Å²) < 4.78 is 7.69. The molecule has 0 aliphatic heterocycles. The van der Waals surface area contributed by atoms with Crippen LogP contribution in [0.3, 0.4) is 0 Å². The van der Waals surface area contributed by atoms with Crippen molar-refractivity contribution >= 4 is 11.6 Å². The zero-order chi connectivity index (χ0) is 19.3. The Bertz CT molecular complexity index is 1090. The normalized spacial score (nSPS) is 10.5. The van der Waals surface area contributed by atoms with Crippen LogP contribution in [0.4, 0.5) is 5.69 Å². The molecule has 0 aliphatic carbocycles. The van der Waals surface area contributed by atoms with E-state index in [1.165, 1.54) is 0 Å². The first-order chi connectivity index (χ1) is 13.7. The van der Waals surface area contributed by atoms with Gasteiger partial charge in [0, 0.05) is 24.2 Å². The van der Waals surface area contributed by atoms with E-state index in [9.17, 15) is 4.79 Å². The molecule has 2 aromatic carbocycles. The molecule has 0 radical (unpaired) electrons. The first kappa shape index (κ1) is 17.5. The molecule has 0 unspecified atom stereocenters. The minimum absolute atomic E-state index is 0.247. The number of imidazole rings is 1. The smallest absolute Gasteiger partial charge is 0.255 e. The maximum Gasteiger partial charge on any atom is 0.255 e. The van der Waals surface area contributed by atoms with Gasteiger partial charge in [-0.3, -0.25) is 9.36 Å². The Hall–Kier alpha value is -3.93. The van der Waals surface area contributed by atoms with E-state index >= 15 is 0 Å². The number of para-hydroxylation sites is 2. The monoisotopic (exact) mass is 370 g/mol. The second-order valence-corrected chi connectivity index (χ2v) is 6.24. The van der Waals surface area contributed by atoms with Gasteiger partial charge >= 0.3 is 0 Å². The Kier molecular flexibility index (Phi) is 4.84. The van der Waals surface area contributed by atoms with Gasteiger partial charge in [0.1, 0.15) is 17.9 Å². The van der Waals surface area contributed by atoms with Crippen LogP contribution >= 0.6 is 0 Å². The molecular weight excluding hydrogens is 352 g/mol. The molecule has 6 nitrogen and oxygen atoms in total. The maximum atomic E-state index is 12.8. The van der Waals surface area contributed by atoms with Crippen LogP contribution in [-0.4, -0.2) is 20.4 Å². The molecule has 0 aliphatic rings. The van der Waals surface area contributed by atoms with Gasteiger partial charge in [0.25, 0.3) is 5.91 Å². The number of rotatable bonds is 5. The highest BCUT2D eigenvalue weighted by molar-refractivity contribution is 6.05. The number of aromatic nitrogens is 3. The van der Waals surface area contributed by atoms with Crippen LogP contribution < -0.4 is 10.1 Å². The lowest BCUT2D eigenvalue weighted by molar-refractivity contribution is 0.102. The Morgan fingerprint density at radius 3 is 2.64 bits per heavy atom. The molecule has 1 amide bonds. The number of benzene rings is 2. The van der Waals surface area contributed by atoms with Crippen molar-refractivity contribution in [3.63, 3.8) is 0 Å². The number of hydrogen-bond donors (Lipinski definition) is 1. The summed E-state index contributed by atoms with van der Waals surface area (Å²) in [6.07, 6.45) is 6.66. The molecule has 0 saturated carbocycles. The lowest BCUT2D eigenvalue weighted by Crippen LogP contribution is -2.13. The third-order valence-corrected chi connectivity index (χ3v) is 4.16. The minimum Gasteiger partial charge on any atom is -0.455 e. The van der Waals surface area contributed by atoms with Crippen LogP contribution in [0.1, 0.15) is 15.9 Å². The third kappa shape index (κ3) is 3.91. The number of amides is 1. The predicted octanol–water partition coefficient (Wildman–Crippen LogP) is 4.62. The Labute approximate surface area is 162 Å². The van der Waals surface area contributed by atoms with Gasteiger partial charge in [-0.2, -0.15) is 0 Å². The lowest BCUT2D eigenvalue weighted by Gasteiger charge is -2.13. The molecule has 2 heterocycles. The molecule has 0 fully saturated rings. The van der Waals surface area contributed by atoms with Crippen LogP contribution in [0.2, 0.25) is 0 Å². The molecule has 0 spiro atoms. The summed E-state index contributed by atoms with van der Waals surface area (Å²) in [4.78, 5) is 21.0. The van der Waals surface area contributed by atoms with E-state index in [1.807, 2.05) is 49.4 Å². The average Bonchev–Trinajstić information content (AvgIpc) is 3.26. The van der Waals surface area contributed by atoms with Gasteiger partial charge in [-0.15, -0.1) is 0 Å². The number of carbonyl (C=O) groups excluding carboxylic acids is 1. The molecule has 0 atom stereocenters. The molecule has 4 aromatic rings. The Morgan fingerprint density at radius 1 is 1.04 bits per heavy atom. The second-order valence-electron chi connectivity index (χ2n) is 6.24. The molecule has 138 valence electrons. The summed E-state index contributed by atoms with van der Waals surface area (Å²) in [5.74, 6) is 1.65. The highest BCUT2D eigenvalue weighted by Gasteiger charge is 2.12. The molecule has 2 aromatic heterocycles. The topological polar surface area (TPSA) is 69.0 Å². The summed E-state index contributed by atoms with van der Waals surface area (Å²) in [7, 11) is 0. The minimum atomic E-state index is -0.247. The SMILES string of the molecule is Cc1ccc(Oc2ccccc2NC(=O)c2ccnc(-n3ccnc3)c2)cc1. The van der Waals surface area contributed by atoms with Crippen molar-refractivity contribution < 1.29 is 9.53 Å². The van der Waals surface area contributed by atoms with Gasteiger partial charge in [-0.25, -0.2) is 9.97 Å².